The molecule has 4 nitrogen and oxygen atoms in total. The van der Waals surface area contributed by atoms with Crippen molar-refractivity contribution in [3.8, 4) is 0 Å². The van der Waals surface area contributed by atoms with Crippen LogP contribution in [0.25, 0.3) is 0 Å². The summed E-state index contributed by atoms with van der Waals surface area (Å²) in [5.74, 6) is 4.24. The fourth-order valence-corrected chi connectivity index (χ4v) is 14.8. The number of ether oxygens (including phenoxy) is 3. The molecule has 6 fully saturated rings. The van der Waals surface area contributed by atoms with E-state index < -0.39 is 5.79 Å². The third kappa shape index (κ3) is 4.22. The van der Waals surface area contributed by atoms with Crippen LogP contribution in [0.1, 0.15) is 92.4 Å². The van der Waals surface area contributed by atoms with Gasteiger partial charge < -0.3 is 4.74 Å². The molecular formula is C35H50O4Se. The fraction of sp³-hybridized carbons (Fsp3) is 0.800. The number of rotatable bonds is 3. The predicted octanol–water partition coefficient (Wildman–Crippen LogP) is 6.79. The van der Waals surface area contributed by atoms with Gasteiger partial charge in [0.1, 0.15) is 0 Å². The van der Waals surface area contributed by atoms with Gasteiger partial charge in [0, 0.05) is 6.92 Å². The van der Waals surface area contributed by atoms with Crippen LogP contribution >= 0.6 is 0 Å². The summed E-state index contributed by atoms with van der Waals surface area (Å²) in [5, 5.41) is 0. The van der Waals surface area contributed by atoms with Gasteiger partial charge in [-0.2, -0.15) is 0 Å². The first kappa shape index (κ1) is 27.9. The molecular weight excluding hydrogens is 563 g/mol. The van der Waals surface area contributed by atoms with Gasteiger partial charge in [-0.25, -0.2) is 0 Å². The van der Waals surface area contributed by atoms with E-state index in [-0.39, 0.29) is 12.1 Å². The van der Waals surface area contributed by atoms with Crippen LogP contribution in [0.3, 0.4) is 0 Å². The Morgan fingerprint density at radius 1 is 0.950 bits per heavy atom. The number of hydrogen-bond donors (Lipinski definition) is 0. The maximum absolute atomic E-state index is 11.7. The summed E-state index contributed by atoms with van der Waals surface area (Å²) in [5.41, 5.74) is 0.752. The van der Waals surface area contributed by atoms with E-state index in [1.54, 1.807) is 6.92 Å². The second kappa shape index (κ2) is 10.1. The Morgan fingerprint density at radius 3 is 2.50 bits per heavy atom. The summed E-state index contributed by atoms with van der Waals surface area (Å²) in [4.78, 5) is 12.1. The molecule has 5 heteroatoms. The van der Waals surface area contributed by atoms with Crippen LogP contribution in [0.5, 0.6) is 0 Å². The molecule has 1 spiro atoms. The molecule has 2 saturated heterocycles. The van der Waals surface area contributed by atoms with E-state index in [1.807, 2.05) is 0 Å². The first-order chi connectivity index (χ1) is 19.1. The number of benzene rings is 1. The minimum absolute atomic E-state index is 0.108. The number of carbonyl (C=O) groups is 1. The van der Waals surface area contributed by atoms with Gasteiger partial charge in [-0.3, -0.25) is 4.79 Å². The van der Waals surface area contributed by atoms with E-state index in [1.165, 1.54) is 49.4 Å². The van der Waals surface area contributed by atoms with E-state index in [9.17, 15) is 4.79 Å². The minimum atomic E-state index is -0.402. The zero-order valence-corrected chi connectivity index (χ0v) is 27.0. The molecule has 0 bridgehead atoms. The number of esters is 1. The third-order valence-electron chi connectivity index (χ3n) is 13.2. The van der Waals surface area contributed by atoms with Crippen molar-refractivity contribution in [1.29, 1.82) is 0 Å². The second-order valence-corrected chi connectivity index (χ2v) is 17.9. The van der Waals surface area contributed by atoms with E-state index in [2.05, 4.69) is 58.0 Å². The van der Waals surface area contributed by atoms with Crippen LogP contribution < -0.4 is 4.46 Å². The van der Waals surface area contributed by atoms with Crippen molar-refractivity contribution in [3.05, 3.63) is 30.3 Å². The molecule has 4 unspecified atom stereocenters. The average Bonchev–Trinajstić information content (AvgIpc) is 3.37. The summed E-state index contributed by atoms with van der Waals surface area (Å²) in [6, 6.07) is 11.1. The van der Waals surface area contributed by atoms with Gasteiger partial charge in [0.05, 0.1) is 0 Å². The summed E-state index contributed by atoms with van der Waals surface area (Å²) in [7, 11) is 0. The topological polar surface area (TPSA) is 44.8 Å². The molecule has 2 aliphatic heterocycles. The maximum atomic E-state index is 11.7. The van der Waals surface area contributed by atoms with Crippen molar-refractivity contribution in [2.75, 3.05) is 6.61 Å². The SMILES string of the molecule is CC(=O)OC1CC[C@]2(C)C3CC[C@@]4(C)C(C[C@@H]5O[C@@]6(OC[C@H](C)C[C@@H]6[Se]c6ccccc6)[C@@H](C)[C@@H]54)C3CC[C@H]2C1. The molecule has 7 rings (SSSR count). The Labute approximate surface area is 248 Å². The predicted molar refractivity (Wildman–Crippen MR) is 158 cm³/mol. The molecule has 220 valence electrons. The molecule has 4 saturated carbocycles. The third-order valence-corrected chi connectivity index (χ3v) is 16.1. The van der Waals surface area contributed by atoms with Gasteiger partial charge in [-0.1, -0.05) is 0 Å². The first-order valence-corrected chi connectivity index (χ1v) is 18.2. The van der Waals surface area contributed by atoms with E-state index in [0.29, 0.717) is 60.4 Å². The molecule has 6 aliphatic rings. The van der Waals surface area contributed by atoms with E-state index in [0.717, 1.165) is 37.2 Å². The quantitative estimate of drug-likeness (QED) is 0.278. The molecule has 2 heterocycles. The van der Waals surface area contributed by atoms with Crippen LogP contribution in [0.2, 0.25) is 4.82 Å². The molecule has 1 aromatic carbocycles. The van der Waals surface area contributed by atoms with Crippen molar-refractivity contribution in [1.82, 2.24) is 0 Å². The molecule has 0 N–H and O–H groups in total. The van der Waals surface area contributed by atoms with E-state index in [4.69, 9.17) is 14.2 Å². The van der Waals surface area contributed by atoms with Crippen molar-refractivity contribution in [3.63, 3.8) is 0 Å². The van der Waals surface area contributed by atoms with Crippen molar-refractivity contribution in [2.24, 2.45) is 52.3 Å². The van der Waals surface area contributed by atoms with Gasteiger partial charge >= 0.3 is 232 Å². The van der Waals surface area contributed by atoms with Crippen LogP contribution in [-0.2, 0) is 19.0 Å². The monoisotopic (exact) mass is 614 g/mol. The Hall–Kier alpha value is -0.871. The van der Waals surface area contributed by atoms with Crippen LogP contribution in [-0.4, -0.2) is 45.5 Å². The molecule has 13 atom stereocenters. The average molecular weight is 614 g/mol. The summed E-state index contributed by atoms with van der Waals surface area (Å²) in [6.45, 7) is 12.5. The Bertz CT molecular complexity index is 1110. The molecule has 40 heavy (non-hydrogen) atoms. The zero-order chi connectivity index (χ0) is 27.9. The Kier molecular flexibility index (Phi) is 7.06. The number of carbonyl (C=O) groups excluding carboxylic acids is 1. The van der Waals surface area contributed by atoms with Gasteiger partial charge in [0.15, 0.2) is 0 Å². The Morgan fingerprint density at radius 2 is 1.73 bits per heavy atom. The van der Waals surface area contributed by atoms with Gasteiger partial charge in [0.2, 0.25) is 0 Å². The number of hydrogen-bond acceptors (Lipinski definition) is 4. The van der Waals surface area contributed by atoms with Crippen molar-refractivity contribution in [2.45, 2.75) is 115 Å². The first-order valence-electron chi connectivity index (χ1n) is 16.3. The van der Waals surface area contributed by atoms with Gasteiger partial charge in [-0.15, -0.1) is 0 Å². The zero-order valence-electron chi connectivity index (χ0n) is 25.3. The summed E-state index contributed by atoms with van der Waals surface area (Å²) < 4.78 is 21.4. The summed E-state index contributed by atoms with van der Waals surface area (Å²) >= 11 is 0.346. The van der Waals surface area contributed by atoms with Gasteiger partial charge in [-0.05, 0) is 0 Å². The van der Waals surface area contributed by atoms with Crippen LogP contribution in [0.4, 0.5) is 0 Å². The normalized spacial score (nSPS) is 51.4. The fourth-order valence-electron chi connectivity index (χ4n) is 11.5. The molecule has 0 radical (unpaired) electrons. The molecule has 1 aromatic rings. The van der Waals surface area contributed by atoms with Crippen molar-refractivity contribution >= 4 is 25.4 Å². The number of fused-ring (bicyclic) bond motifs is 7. The van der Waals surface area contributed by atoms with Crippen LogP contribution in [0.15, 0.2) is 30.3 Å². The van der Waals surface area contributed by atoms with Crippen molar-refractivity contribution < 1.29 is 19.0 Å². The van der Waals surface area contributed by atoms with Crippen LogP contribution in [0, 0.1) is 52.3 Å². The molecule has 0 amide bonds. The molecule has 0 aromatic heterocycles. The standard InChI is InChI=1S/C35H50O4Se/c1-21-17-31(40-26-9-7-6-8-10-26)35(37-20-21)22(2)32-30(39-35)19-29-27-12-11-24-18-25(38-23(3)36)13-15-33(24,4)28(27)14-16-34(29,32)5/h6-10,21-22,24-25,27-32H,11-20H2,1-5H3/t21-,22+,24+,25?,27?,28?,29?,30+,31+,32+,33+,34+,35+/m1/s1. The summed E-state index contributed by atoms with van der Waals surface area (Å²) in [6.07, 6.45) is 11.6. The molecule has 4 aliphatic carbocycles. The Balaban J connectivity index is 1.12. The second-order valence-electron chi connectivity index (χ2n) is 15.2. The van der Waals surface area contributed by atoms with Gasteiger partial charge in [0.25, 0.3) is 0 Å². The van der Waals surface area contributed by atoms with E-state index >= 15 is 0 Å².